The van der Waals surface area contributed by atoms with Gasteiger partial charge < -0.3 is 16.2 Å². The molecule has 1 aromatic rings. The minimum Gasteiger partial charge on any atom is -0.396 e. The molecule has 1 atom stereocenters. The SMILES string of the molecule is NC(=O)c1csc(C(=O)NC(CCO)C2CCCCC2)c1. The molecule has 2 amide bonds. The van der Waals surface area contributed by atoms with Crippen LogP contribution < -0.4 is 11.1 Å². The molecule has 1 heterocycles. The van der Waals surface area contributed by atoms with Gasteiger partial charge in [0.15, 0.2) is 0 Å². The highest BCUT2D eigenvalue weighted by molar-refractivity contribution is 7.12. The van der Waals surface area contributed by atoms with Gasteiger partial charge >= 0.3 is 0 Å². The van der Waals surface area contributed by atoms with E-state index in [1.807, 2.05) is 0 Å². The largest absolute Gasteiger partial charge is 0.396 e. The molecule has 1 fully saturated rings. The van der Waals surface area contributed by atoms with Crippen LogP contribution in [0.4, 0.5) is 0 Å². The molecule has 0 radical (unpaired) electrons. The number of rotatable bonds is 6. The molecule has 0 spiro atoms. The van der Waals surface area contributed by atoms with Crippen molar-refractivity contribution in [2.45, 2.75) is 44.6 Å². The summed E-state index contributed by atoms with van der Waals surface area (Å²) in [6.07, 6.45) is 6.40. The minimum atomic E-state index is -0.524. The standard InChI is InChI=1S/C15H22N2O3S/c16-14(19)11-8-13(21-9-11)15(20)17-12(6-7-18)10-4-2-1-3-5-10/h8-10,12,18H,1-7H2,(H2,16,19)(H,17,20). The maximum Gasteiger partial charge on any atom is 0.261 e. The molecule has 1 aliphatic carbocycles. The van der Waals surface area contributed by atoms with Crippen LogP contribution in [0.2, 0.25) is 0 Å². The zero-order chi connectivity index (χ0) is 15.2. The first-order valence-corrected chi connectivity index (χ1v) is 8.30. The molecule has 5 nitrogen and oxygen atoms in total. The molecule has 1 aliphatic rings. The van der Waals surface area contributed by atoms with Gasteiger partial charge in [-0.05, 0) is 31.2 Å². The Balaban J connectivity index is 2.00. The van der Waals surface area contributed by atoms with Gasteiger partial charge in [0.05, 0.1) is 10.4 Å². The van der Waals surface area contributed by atoms with Crippen molar-refractivity contribution in [3.05, 3.63) is 21.9 Å². The molecular formula is C15H22N2O3S. The lowest BCUT2D eigenvalue weighted by atomic mass is 9.82. The number of primary amides is 1. The summed E-state index contributed by atoms with van der Waals surface area (Å²) in [6.45, 7) is 0.0679. The topological polar surface area (TPSA) is 92.4 Å². The zero-order valence-corrected chi connectivity index (χ0v) is 12.8. The second-order valence-electron chi connectivity index (χ2n) is 5.55. The van der Waals surface area contributed by atoms with Crippen LogP contribution >= 0.6 is 11.3 Å². The summed E-state index contributed by atoms with van der Waals surface area (Å²) in [5, 5.41) is 13.8. The summed E-state index contributed by atoms with van der Waals surface area (Å²) in [4.78, 5) is 23.8. The minimum absolute atomic E-state index is 0.00179. The Kier molecular flexibility index (Phi) is 5.76. The third kappa shape index (κ3) is 4.28. The van der Waals surface area contributed by atoms with E-state index in [0.717, 1.165) is 12.8 Å². The van der Waals surface area contributed by atoms with Crippen molar-refractivity contribution in [2.75, 3.05) is 6.61 Å². The Morgan fingerprint density at radius 1 is 1.38 bits per heavy atom. The number of aliphatic hydroxyl groups excluding tert-OH is 1. The van der Waals surface area contributed by atoms with Crippen LogP contribution in [0.3, 0.4) is 0 Å². The van der Waals surface area contributed by atoms with Crippen LogP contribution in [0.1, 0.15) is 58.6 Å². The highest BCUT2D eigenvalue weighted by Crippen LogP contribution is 2.28. The van der Waals surface area contributed by atoms with Crippen molar-refractivity contribution >= 4 is 23.2 Å². The van der Waals surface area contributed by atoms with Gasteiger partial charge in [-0.3, -0.25) is 9.59 Å². The molecule has 0 aliphatic heterocycles. The number of hydrogen-bond donors (Lipinski definition) is 3. The van der Waals surface area contributed by atoms with Crippen molar-refractivity contribution in [3.63, 3.8) is 0 Å². The molecular weight excluding hydrogens is 288 g/mol. The van der Waals surface area contributed by atoms with E-state index in [1.165, 1.54) is 36.7 Å². The first kappa shape index (κ1) is 16.0. The number of nitrogens with one attached hydrogen (secondary N) is 1. The van der Waals surface area contributed by atoms with E-state index in [2.05, 4.69) is 5.32 Å². The van der Waals surface area contributed by atoms with Crippen LogP contribution in [0.5, 0.6) is 0 Å². The lowest BCUT2D eigenvalue weighted by Gasteiger charge is -2.30. The van der Waals surface area contributed by atoms with E-state index in [1.54, 1.807) is 5.38 Å². The first-order chi connectivity index (χ1) is 10.1. The zero-order valence-electron chi connectivity index (χ0n) is 12.0. The van der Waals surface area contributed by atoms with Crippen molar-refractivity contribution in [1.82, 2.24) is 5.32 Å². The molecule has 116 valence electrons. The quantitative estimate of drug-likeness (QED) is 0.749. The summed E-state index contributed by atoms with van der Waals surface area (Å²) in [5.41, 5.74) is 5.56. The molecule has 6 heteroatoms. The second-order valence-corrected chi connectivity index (χ2v) is 6.47. The molecule has 21 heavy (non-hydrogen) atoms. The van der Waals surface area contributed by atoms with Gasteiger partial charge in [-0.25, -0.2) is 0 Å². The molecule has 1 aromatic heterocycles. The Morgan fingerprint density at radius 2 is 2.10 bits per heavy atom. The van der Waals surface area contributed by atoms with Gasteiger partial charge in [-0.2, -0.15) is 0 Å². The average Bonchev–Trinajstić information content (AvgIpc) is 2.98. The Bertz CT molecular complexity index is 495. The summed E-state index contributed by atoms with van der Waals surface area (Å²) in [6, 6.07) is 1.53. The average molecular weight is 310 g/mol. The van der Waals surface area contributed by atoms with E-state index in [-0.39, 0.29) is 18.6 Å². The number of nitrogens with two attached hydrogens (primary N) is 1. The molecule has 4 N–H and O–H groups in total. The van der Waals surface area contributed by atoms with Gasteiger partial charge in [0.1, 0.15) is 0 Å². The molecule has 0 bridgehead atoms. The Hall–Kier alpha value is -1.40. The van der Waals surface area contributed by atoms with Gasteiger partial charge in [0, 0.05) is 18.0 Å². The normalized spacial score (nSPS) is 17.4. The fourth-order valence-electron chi connectivity index (χ4n) is 2.93. The number of carbonyl (C=O) groups is 2. The van der Waals surface area contributed by atoms with E-state index in [0.29, 0.717) is 22.8 Å². The summed E-state index contributed by atoms with van der Waals surface area (Å²) in [5.74, 6) is -0.272. The van der Waals surface area contributed by atoms with Crippen LogP contribution in [0.15, 0.2) is 11.4 Å². The van der Waals surface area contributed by atoms with Crippen molar-refractivity contribution in [2.24, 2.45) is 11.7 Å². The van der Waals surface area contributed by atoms with Gasteiger partial charge in [0.25, 0.3) is 5.91 Å². The fraction of sp³-hybridized carbons (Fsp3) is 0.600. The molecule has 1 saturated carbocycles. The number of aliphatic hydroxyl groups is 1. The van der Waals surface area contributed by atoms with Gasteiger partial charge in [0.2, 0.25) is 5.91 Å². The van der Waals surface area contributed by atoms with E-state index in [4.69, 9.17) is 5.73 Å². The maximum atomic E-state index is 12.3. The Morgan fingerprint density at radius 3 is 2.67 bits per heavy atom. The second kappa shape index (κ2) is 7.56. The van der Waals surface area contributed by atoms with Crippen LogP contribution in [-0.4, -0.2) is 29.6 Å². The highest BCUT2D eigenvalue weighted by atomic mass is 32.1. The van der Waals surface area contributed by atoms with Crippen molar-refractivity contribution in [1.29, 1.82) is 0 Å². The van der Waals surface area contributed by atoms with E-state index >= 15 is 0 Å². The van der Waals surface area contributed by atoms with Crippen LogP contribution in [-0.2, 0) is 0 Å². The highest BCUT2D eigenvalue weighted by Gasteiger charge is 2.25. The lowest BCUT2D eigenvalue weighted by molar-refractivity contribution is 0.0903. The van der Waals surface area contributed by atoms with Gasteiger partial charge in [-0.15, -0.1) is 11.3 Å². The fourth-order valence-corrected chi connectivity index (χ4v) is 3.72. The van der Waals surface area contributed by atoms with Crippen molar-refractivity contribution in [3.8, 4) is 0 Å². The van der Waals surface area contributed by atoms with E-state index in [9.17, 15) is 14.7 Å². The smallest absolute Gasteiger partial charge is 0.261 e. The first-order valence-electron chi connectivity index (χ1n) is 7.42. The number of hydrogen-bond acceptors (Lipinski definition) is 4. The van der Waals surface area contributed by atoms with Crippen LogP contribution in [0, 0.1) is 5.92 Å². The lowest BCUT2D eigenvalue weighted by Crippen LogP contribution is -2.41. The predicted molar refractivity (Wildman–Crippen MR) is 82.4 cm³/mol. The maximum absolute atomic E-state index is 12.3. The molecule has 2 rings (SSSR count). The molecule has 0 aromatic carbocycles. The van der Waals surface area contributed by atoms with Gasteiger partial charge in [-0.1, -0.05) is 19.3 Å². The monoisotopic (exact) mass is 310 g/mol. The number of thiophene rings is 1. The predicted octanol–water partition coefficient (Wildman–Crippen LogP) is 1.91. The Labute approximate surface area is 128 Å². The number of amides is 2. The van der Waals surface area contributed by atoms with E-state index < -0.39 is 5.91 Å². The summed E-state index contributed by atoms with van der Waals surface area (Å²) < 4.78 is 0. The number of carbonyl (C=O) groups excluding carboxylic acids is 2. The van der Waals surface area contributed by atoms with Crippen molar-refractivity contribution < 1.29 is 14.7 Å². The van der Waals surface area contributed by atoms with Crippen LogP contribution in [0.25, 0.3) is 0 Å². The third-order valence-electron chi connectivity index (χ3n) is 4.08. The summed E-state index contributed by atoms with van der Waals surface area (Å²) >= 11 is 1.22. The third-order valence-corrected chi connectivity index (χ3v) is 5.01. The molecule has 1 unspecified atom stereocenters. The summed E-state index contributed by atoms with van der Waals surface area (Å²) in [7, 11) is 0. The molecule has 0 saturated heterocycles.